The molecule has 7 nitrogen and oxygen atoms in total. The summed E-state index contributed by atoms with van der Waals surface area (Å²) in [5, 5.41) is 16.0. The van der Waals surface area contributed by atoms with E-state index in [2.05, 4.69) is 10.6 Å². The van der Waals surface area contributed by atoms with Gasteiger partial charge in [-0.15, -0.1) is 0 Å². The SMILES string of the molecule is CCc1ccc(NC(=O)C(C)NC(=O)c2cccc([N+](=O)[O-])c2)cc1. The molecule has 0 aliphatic heterocycles. The minimum Gasteiger partial charge on any atom is -0.341 e. The summed E-state index contributed by atoms with van der Waals surface area (Å²) >= 11 is 0. The first kappa shape index (κ1) is 18.1. The summed E-state index contributed by atoms with van der Waals surface area (Å²) in [4.78, 5) is 34.5. The van der Waals surface area contributed by atoms with Crippen molar-refractivity contribution in [2.75, 3.05) is 5.32 Å². The van der Waals surface area contributed by atoms with Gasteiger partial charge in [-0.05, 0) is 37.1 Å². The number of nitro groups is 1. The number of nitro benzene ring substituents is 1. The van der Waals surface area contributed by atoms with E-state index < -0.39 is 16.9 Å². The molecular weight excluding hydrogens is 322 g/mol. The first-order valence-corrected chi connectivity index (χ1v) is 7.86. The van der Waals surface area contributed by atoms with Gasteiger partial charge in [-0.2, -0.15) is 0 Å². The molecule has 2 N–H and O–H groups in total. The van der Waals surface area contributed by atoms with E-state index in [0.717, 1.165) is 12.0 Å². The normalized spacial score (nSPS) is 11.4. The monoisotopic (exact) mass is 341 g/mol. The van der Waals surface area contributed by atoms with Gasteiger partial charge in [0.2, 0.25) is 5.91 Å². The average Bonchev–Trinajstić information content (AvgIpc) is 2.62. The lowest BCUT2D eigenvalue weighted by Gasteiger charge is -2.14. The van der Waals surface area contributed by atoms with Crippen LogP contribution in [-0.4, -0.2) is 22.8 Å². The van der Waals surface area contributed by atoms with Crippen LogP contribution in [0.4, 0.5) is 11.4 Å². The van der Waals surface area contributed by atoms with Crippen LogP contribution >= 0.6 is 0 Å². The molecule has 0 aromatic heterocycles. The molecule has 0 saturated heterocycles. The van der Waals surface area contributed by atoms with E-state index in [4.69, 9.17) is 0 Å². The van der Waals surface area contributed by atoms with Gasteiger partial charge in [0.1, 0.15) is 6.04 Å². The third-order valence-electron chi connectivity index (χ3n) is 3.69. The number of hydrogen-bond donors (Lipinski definition) is 2. The van der Waals surface area contributed by atoms with Crippen molar-refractivity contribution >= 4 is 23.2 Å². The Morgan fingerprint density at radius 2 is 1.84 bits per heavy atom. The summed E-state index contributed by atoms with van der Waals surface area (Å²) in [7, 11) is 0. The number of benzene rings is 2. The zero-order chi connectivity index (χ0) is 18.4. The van der Waals surface area contributed by atoms with E-state index in [1.807, 2.05) is 19.1 Å². The summed E-state index contributed by atoms with van der Waals surface area (Å²) in [6.45, 7) is 3.59. The highest BCUT2D eigenvalue weighted by Gasteiger charge is 2.18. The van der Waals surface area contributed by atoms with Crippen LogP contribution in [0.15, 0.2) is 48.5 Å². The molecule has 1 unspecified atom stereocenters. The van der Waals surface area contributed by atoms with Gasteiger partial charge in [-0.25, -0.2) is 0 Å². The van der Waals surface area contributed by atoms with E-state index in [0.29, 0.717) is 5.69 Å². The number of carbonyl (C=O) groups is 2. The summed E-state index contributed by atoms with van der Waals surface area (Å²) in [6, 6.07) is 12.0. The van der Waals surface area contributed by atoms with Gasteiger partial charge in [-0.1, -0.05) is 25.1 Å². The molecule has 0 heterocycles. The lowest BCUT2D eigenvalue weighted by molar-refractivity contribution is -0.384. The fourth-order valence-electron chi connectivity index (χ4n) is 2.18. The fourth-order valence-corrected chi connectivity index (χ4v) is 2.18. The molecule has 0 fully saturated rings. The molecule has 2 aromatic carbocycles. The summed E-state index contributed by atoms with van der Waals surface area (Å²) in [6.07, 6.45) is 0.907. The van der Waals surface area contributed by atoms with Crippen LogP contribution in [0.25, 0.3) is 0 Å². The van der Waals surface area contributed by atoms with Crippen LogP contribution in [0.3, 0.4) is 0 Å². The van der Waals surface area contributed by atoms with E-state index in [1.165, 1.54) is 24.3 Å². The number of non-ortho nitro benzene ring substituents is 1. The van der Waals surface area contributed by atoms with Crippen molar-refractivity contribution in [2.24, 2.45) is 0 Å². The highest BCUT2D eigenvalue weighted by atomic mass is 16.6. The molecule has 1 atom stereocenters. The zero-order valence-electron chi connectivity index (χ0n) is 14.0. The van der Waals surface area contributed by atoms with Crippen molar-refractivity contribution in [2.45, 2.75) is 26.3 Å². The second-order valence-electron chi connectivity index (χ2n) is 5.54. The van der Waals surface area contributed by atoms with Crippen molar-refractivity contribution in [1.82, 2.24) is 5.32 Å². The van der Waals surface area contributed by atoms with Gasteiger partial charge in [0, 0.05) is 23.4 Å². The Bertz CT molecular complexity index is 787. The van der Waals surface area contributed by atoms with Crippen LogP contribution in [0.2, 0.25) is 0 Å². The standard InChI is InChI=1S/C18H19N3O4/c1-3-13-7-9-15(10-8-13)20-17(22)12(2)19-18(23)14-5-4-6-16(11-14)21(24)25/h4-12H,3H2,1-2H3,(H,19,23)(H,20,22). The first-order valence-electron chi connectivity index (χ1n) is 7.86. The van der Waals surface area contributed by atoms with Gasteiger partial charge < -0.3 is 10.6 Å². The largest absolute Gasteiger partial charge is 0.341 e. The van der Waals surface area contributed by atoms with Crippen LogP contribution in [0.5, 0.6) is 0 Å². The van der Waals surface area contributed by atoms with E-state index >= 15 is 0 Å². The van der Waals surface area contributed by atoms with Crippen LogP contribution in [0.1, 0.15) is 29.8 Å². The molecule has 2 aromatic rings. The molecule has 0 aliphatic rings. The molecular formula is C18H19N3O4. The van der Waals surface area contributed by atoms with Gasteiger partial charge >= 0.3 is 0 Å². The minimum absolute atomic E-state index is 0.126. The highest BCUT2D eigenvalue weighted by Crippen LogP contribution is 2.13. The Balaban J connectivity index is 1.98. The first-order chi connectivity index (χ1) is 11.9. The van der Waals surface area contributed by atoms with Crippen molar-refractivity contribution in [1.29, 1.82) is 0 Å². The number of hydrogen-bond acceptors (Lipinski definition) is 4. The Labute approximate surface area is 145 Å². The van der Waals surface area contributed by atoms with E-state index in [1.54, 1.807) is 19.1 Å². The Morgan fingerprint density at radius 3 is 2.44 bits per heavy atom. The van der Waals surface area contributed by atoms with Gasteiger partial charge in [0.05, 0.1) is 4.92 Å². The van der Waals surface area contributed by atoms with Gasteiger partial charge in [0.25, 0.3) is 11.6 Å². The van der Waals surface area contributed by atoms with Crippen molar-refractivity contribution < 1.29 is 14.5 Å². The molecule has 25 heavy (non-hydrogen) atoms. The quantitative estimate of drug-likeness (QED) is 0.623. The number of amides is 2. The molecule has 0 aliphatic carbocycles. The number of carbonyl (C=O) groups excluding carboxylic acids is 2. The molecule has 0 spiro atoms. The molecule has 7 heteroatoms. The summed E-state index contributed by atoms with van der Waals surface area (Å²) < 4.78 is 0. The number of nitrogens with zero attached hydrogens (tertiary/aromatic N) is 1. The lowest BCUT2D eigenvalue weighted by atomic mass is 10.1. The second-order valence-corrected chi connectivity index (χ2v) is 5.54. The number of rotatable bonds is 6. The molecule has 0 saturated carbocycles. The predicted octanol–water partition coefficient (Wildman–Crippen LogP) is 2.91. The zero-order valence-corrected chi connectivity index (χ0v) is 14.0. The lowest BCUT2D eigenvalue weighted by Crippen LogP contribution is -2.41. The summed E-state index contributed by atoms with van der Waals surface area (Å²) in [5.41, 5.74) is 1.74. The minimum atomic E-state index is -0.794. The number of anilines is 1. The highest BCUT2D eigenvalue weighted by molar-refractivity contribution is 6.01. The Hall–Kier alpha value is -3.22. The molecule has 130 valence electrons. The maximum Gasteiger partial charge on any atom is 0.270 e. The van der Waals surface area contributed by atoms with E-state index in [9.17, 15) is 19.7 Å². The van der Waals surface area contributed by atoms with Crippen molar-refractivity contribution in [3.05, 3.63) is 69.8 Å². The molecule has 2 amide bonds. The second kappa shape index (κ2) is 8.05. The van der Waals surface area contributed by atoms with Gasteiger partial charge in [0.15, 0.2) is 0 Å². The fraction of sp³-hybridized carbons (Fsp3) is 0.222. The van der Waals surface area contributed by atoms with Crippen LogP contribution in [-0.2, 0) is 11.2 Å². The summed E-state index contributed by atoms with van der Waals surface area (Å²) in [5.74, 6) is -0.921. The van der Waals surface area contributed by atoms with Crippen LogP contribution in [0, 0.1) is 10.1 Å². The topological polar surface area (TPSA) is 101 Å². The maximum absolute atomic E-state index is 12.2. The van der Waals surface area contributed by atoms with E-state index in [-0.39, 0.29) is 17.2 Å². The molecule has 0 radical (unpaired) electrons. The van der Waals surface area contributed by atoms with Crippen LogP contribution < -0.4 is 10.6 Å². The third kappa shape index (κ3) is 4.87. The Morgan fingerprint density at radius 1 is 1.16 bits per heavy atom. The Kier molecular flexibility index (Phi) is 5.84. The average molecular weight is 341 g/mol. The number of nitrogens with one attached hydrogen (secondary N) is 2. The predicted molar refractivity (Wildman–Crippen MR) is 94.5 cm³/mol. The van der Waals surface area contributed by atoms with Crippen molar-refractivity contribution in [3.63, 3.8) is 0 Å². The molecule has 2 rings (SSSR count). The van der Waals surface area contributed by atoms with Gasteiger partial charge in [-0.3, -0.25) is 19.7 Å². The smallest absolute Gasteiger partial charge is 0.270 e. The maximum atomic E-state index is 12.2. The molecule has 0 bridgehead atoms. The van der Waals surface area contributed by atoms with Crippen molar-refractivity contribution in [3.8, 4) is 0 Å². The third-order valence-corrected chi connectivity index (χ3v) is 3.69. The number of aryl methyl sites for hydroxylation is 1.